The van der Waals surface area contributed by atoms with Crippen LogP contribution in [-0.2, 0) is 6.54 Å². The Bertz CT molecular complexity index is 470. The lowest BCUT2D eigenvalue weighted by atomic mass is 10.3. The van der Waals surface area contributed by atoms with Crippen molar-refractivity contribution in [1.82, 2.24) is 20.2 Å². The van der Waals surface area contributed by atoms with Gasteiger partial charge in [0, 0.05) is 18.3 Å². The molecule has 7 nitrogen and oxygen atoms in total. The van der Waals surface area contributed by atoms with Gasteiger partial charge in [-0.05, 0) is 6.92 Å². The molecule has 0 fully saturated rings. The summed E-state index contributed by atoms with van der Waals surface area (Å²) in [5, 5.41) is 9.68. The Morgan fingerprint density at radius 1 is 1.47 bits per heavy atom. The Kier molecular flexibility index (Phi) is 3.39. The number of aromatic amines is 1. The molecule has 17 heavy (non-hydrogen) atoms. The summed E-state index contributed by atoms with van der Waals surface area (Å²) in [6.07, 6.45) is 4.95. The molecule has 0 radical (unpaired) electrons. The number of nitrogens with one attached hydrogen (secondary N) is 2. The zero-order chi connectivity index (χ0) is 12.1. The molecule has 0 aliphatic carbocycles. The second-order valence-electron chi connectivity index (χ2n) is 3.33. The van der Waals surface area contributed by atoms with Gasteiger partial charge in [-0.1, -0.05) is 0 Å². The largest absolute Gasteiger partial charge is 0.476 e. The van der Waals surface area contributed by atoms with Crippen molar-refractivity contribution in [3.05, 3.63) is 24.3 Å². The molecule has 90 valence electrons. The van der Waals surface area contributed by atoms with Gasteiger partial charge < -0.3 is 15.8 Å². The Labute approximate surface area is 98.4 Å². The van der Waals surface area contributed by atoms with Crippen molar-refractivity contribution in [2.75, 3.05) is 17.7 Å². The van der Waals surface area contributed by atoms with E-state index in [0.29, 0.717) is 30.5 Å². The minimum atomic E-state index is 0.400. The second kappa shape index (κ2) is 5.15. The van der Waals surface area contributed by atoms with Crippen molar-refractivity contribution in [3.8, 4) is 5.88 Å². The lowest BCUT2D eigenvalue weighted by Crippen LogP contribution is -2.07. The Hall–Kier alpha value is -2.31. The molecule has 0 unspecified atom stereocenters. The number of H-pyrrole nitrogens is 1. The van der Waals surface area contributed by atoms with Gasteiger partial charge in [-0.15, -0.1) is 0 Å². The van der Waals surface area contributed by atoms with Crippen LogP contribution in [-0.4, -0.2) is 26.8 Å². The van der Waals surface area contributed by atoms with Gasteiger partial charge >= 0.3 is 0 Å². The Morgan fingerprint density at radius 2 is 2.35 bits per heavy atom. The highest BCUT2D eigenvalue weighted by Gasteiger charge is 2.08. The van der Waals surface area contributed by atoms with E-state index in [1.165, 1.54) is 6.33 Å². The highest BCUT2D eigenvalue weighted by Crippen LogP contribution is 2.24. The molecule has 0 saturated heterocycles. The number of hydrogen-bond donors (Lipinski definition) is 3. The first-order valence-corrected chi connectivity index (χ1v) is 5.26. The Morgan fingerprint density at radius 3 is 3.06 bits per heavy atom. The van der Waals surface area contributed by atoms with Crippen LogP contribution in [0.1, 0.15) is 12.5 Å². The van der Waals surface area contributed by atoms with Crippen LogP contribution < -0.4 is 15.8 Å². The number of nitrogens with zero attached hydrogens (tertiary/aromatic N) is 3. The molecule has 2 heterocycles. The molecule has 0 spiro atoms. The third-order valence-corrected chi connectivity index (χ3v) is 2.14. The zero-order valence-electron chi connectivity index (χ0n) is 9.47. The number of hydrogen-bond acceptors (Lipinski definition) is 6. The van der Waals surface area contributed by atoms with Gasteiger partial charge in [-0.2, -0.15) is 10.1 Å². The van der Waals surface area contributed by atoms with Crippen LogP contribution in [0.25, 0.3) is 0 Å². The van der Waals surface area contributed by atoms with E-state index in [2.05, 4.69) is 25.5 Å². The molecule has 7 heteroatoms. The molecule has 2 aromatic heterocycles. The molecule has 0 aliphatic heterocycles. The lowest BCUT2D eigenvalue weighted by Gasteiger charge is -2.10. The molecule has 0 aliphatic rings. The molecule has 0 atom stereocenters. The van der Waals surface area contributed by atoms with Crippen molar-refractivity contribution < 1.29 is 4.74 Å². The molecular formula is C10H14N6O. The molecule has 0 bridgehead atoms. The normalized spacial score (nSPS) is 10.2. The number of ether oxygens (including phenoxy) is 1. The smallest absolute Gasteiger partial charge is 0.242 e. The van der Waals surface area contributed by atoms with Crippen molar-refractivity contribution in [2.45, 2.75) is 13.5 Å². The van der Waals surface area contributed by atoms with E-state index in [-0.39, 0.29) is 0 Å². The molecule has 4 N–H and O–H groups in total. The summed E-state index contributed by atoms with van der Waals surface area (Å²) in [6, 6.07) is 0. The van der Waals surface area contributed by atoms with Crippen LogP contribution in [0.15, 0.2) is 18.7 Å². The van der Waals surface area contributed by atoms with E-state index < -0.39 is 0 Å². The number of anilines is 2. The molecule has 0 saturated carbocycles. The maximum absolute atomic E-state index is 5.87. The van der Waals surface area contributed by atoms with Gasteiger partial charge in [-0.25, -0.2) is 4.98 Å². The predicted molar refractivity (Wildman–Crippen MR) is 63.5 cm³/mol. The first-order chi connectivity index (χ1) is 8.31. The maximum Gasteiger partial charge on any atom is 0.242 e. The van der Waals surface area contributed by atoms with Crippen molar-refractivity contribution >= 4 is 11.5 Å². The summed E-state index contributed by atoms with van der Waals surface area (Å²) in [7, 11) is 0. The van der Waals surface area contributed by atoms with Crippen LogP contribution >= 0.6 is 0 Å². The number of nitrogens with two attached hydrogens (primary N) is 1. The average Bonchev–Trinajstić information content (AvgIpc) is 2.83. The molecule has 0 amide bonds. The highest BCUT2D eigenvalue weighted by molar-refractivity contribution is 5.66. The first kappa shape index (κ1) is 11.2. The first-order valence-electron chi connectivity index (χ1n) is 5.26. The van der Waals surface area contributed by atoms with Gasteiger partial charge in [0.25, 0.3) is 0 Å². The third kappa shape index (κ3) is 2.63. The number of nitrogen functional groups attached to an aromatic ring is 1. The van der Waals surface area contributed by atoms with Gasteiger partial charge in [0.2, 0.25) is 5.88 Å². The second-order valence-corrected chi connectivity index (χ2v) is 3.33. The van der Waals surface area contributed by atoms with E-state index in [0.717, 1.165) is 5.56 Å². The van der Waals surface area contributed by atoms with Gasteiger partial charge in [-0.3, -0.25) is 5.10 Å². The van der Waals surface area contributed by atoms with Gasteiger partial charge in [0.15, 0.2) is 5.82 Å². The summed E-state index contributed by atoms with van der Waals surface area (Å²) >= 11 is 0. The van der Waals surface area contributed by atoms with Crippen LogP contribution in [0, 0.1) is 0 Å². The van der Waals surface area contributed by atoms with E-state index in [1.807, 2.05) is 6.92 Å². The van der Waals surface area contributed by atoms with Crippen LogP contribution in [0.2, 0.25) is 0 Å². The molecular weight excluding hydrogens is 220 g/mol. The predicted octanol–water partition coefficient (Wildman–Crippen LogP) is 0.793. The topological polar surface area (TPSA) is 102 Å². The summed E-state index contributed by atoms with van der Waals surface area (Å²) < 4.78 is 5.28. The Balaban J connectivity index is 2.07. The molecule has 0 aromatic carbocycles. The summed E-state index contributed by atoms with van der Waals surface area (Å²) in [6.45, 7) is 2.98. The van der Waals surface area contributed by atoms with Crippen molar-refractivity contribution in [3.63, 3.8) is 0 Å². The third-order valence-electron chi connectivity index (χ3n) is 2.14. The summed E-state index contributed by atoms with van der Waals surface area (Å²) in [5.74, 6) is 0.960. The van der Waals surface area contributed by atoms with Crippen LogP contribution in [0.5, 0.6) is 5.88 Å². The number of aromatic nitrogens is 4. The summed E-state index contributed by atoms with van der Waals surface area (Å²) in [4.78, 5) is 8.02. The van der Waals surface area contributed by atoms with E-state index in [9.17, 15) is 0 Å². The summed E-state index contributed by atoms with van der Waals surface area (Å²) in [5.41, 5.74) is 7.30. The molecule has 2 rings (SSSR count). The van der Waals surface area contributed by atoms with Crippen LogP contribution in [0.4, 0.5) is 11.5 Å². The maximum atomic E-state index is 5.87. The minimum Gasteiger partial charge on any atom is -0.476 e. The highest BCUT2D eigenvalue weighted by atomic mass is 16.5. The van der Waals surface area contributed by atoms with E-state index in [1.54, 1.807) is 12.4 Å². The van der Waals surface area contributed by atoms with Crippen molar-refractivity contribution in [1.29, 1.82) is 0 Å². The fourth-order valence-corrected chi connectivity index (χ4v) is 1.33. The van der Waals surface area contributed by atoms with Gasteiger partial charge in [0.05, 0.1) is 12.8 Å². The number of rotatable bonds is 5. The fraction of sp³-hybridized carbons (Fsp3) is 0.300. The standard InChI is InChI=1S/C10H14N6O/c1-2-17-10-8(11)9(13-6-14-10)12-3-7-4-15-16-5-7/h4-6H,2-3,11H2,1H3,(H,15,16)(H,12,13,14). The average molecular weight is 234 g/mol. The van der Waals surface area contributed by atoms with E-state index >= 15 is 0 Å². The molecule has 2 aromatic rings. The fourth-order valence-electron chi connectivity index (χ4n) is 1.33. The monoisotopic (exact) mass is 234 g/mol. The zero-order valence-corrected chi connectivity index (χ0v) is 9.47. The quantitative estimate of drug-likeness (QED) is 0.707. The lowest BCUT2D eigenvalue weighted by molar-refractivity contribution is 0.328. The minimum absolute atomic E-state index is 0.400. The van der Waals surface area contributed by atoms with Crippen molar-refractivity contribution in [2.24, 2.45) is 0 Å². The van der Waals surface area contributed by atoms with Crippen LogP contribution in [0.3, 0.4) is 0 Å². The SMILES string of the molecule is CCOc1ncnc(NCc2cn[nH]c2)c1N. The van der Waals surface area contributed by atoms with E-state index in [4.69, 9.17) is 10.5 Å². The van der Waals surface area contributed by atoms with Gasteiger partial charge in [0.1, 0.15) is 12.0 Å².